The molecule has 1 fully saturated rings. The zero-order valence-electron chi connectivity index (χ0n) is 9.56. The molecule has 1 heterocycles. The Labute approximate surface area is 91.8 Å². The second-order valence-corrected chi connectivity index (χ2v) is 4.31. The smallest absolute Gasteiger partial charge is 0.0698 e. The SMILES string of the molecule is CC1CCC(CO)CN1CCOCCO. The summed E-state index contributed by atoms with van der Waals surface area (Å²) in [6, 6.07) is 0.588. The highest BCUT2D eigenvalue weighted by atomic mass is 16.5. The van der Waals surface area contributed by atoms with Gasteiger partial charge in [-0.05, 0) is 25.7 Å². The van der Waals surface area contributed by atoms with E-state index in [-0.39, 0.29) is 6.61 Å². The van der Waals surface area contributed by atoms with Crippen molar-refractivity contribution in [2.75, 3.05) is 39.5 Å². The van der Waals surface area contributed by atoms with Gasteiger partial charge in [0.2, 0.25) is 0 Å². The highest BCUT2D eigenvalue weighted by molar-refractivity contribution is 4.78. The average Bonchev–Trinajstić information content (AvgIpc) is 2.26. The molecule has 0 aromatic carbocycles. The maximum Gasteiger partial charge on any atom is 0.0698 e. The van der Waals surface area contributed by atoms with Gasteiger partial charge in [-0.3, -0.25) is 4.90 Å². The van der Waals surface area contributed by atoms with Crippen molar-refractivity contribution in [3.8, 4) is 0 Å². The van der Waals surface area contributed by atoms with E-state index in [0.29, 0.717) is 31.8 Å². The Morgan fingerprint density at radius 2 is 2.07 bits per heavy atom. The number of aliphatic hydroxyl groups is 2. The summed E-state index contributed by atoms with van der Waals surface area (Å²) in [5.74, 6) is 0.430. The largest absolute Gasteiger partial charge is 0.396 e. The van der Waals surface area contributed by atoms with Gasteiger partial charge in [0.05, 0.1) is 19.8 Å². The van der Waals surface area contributed by atoms with E-state index in [1.807, 2.05) is 0 Å². The van der Waals surface area contributed by atoms with Gasteiger partial charge in [0, 0.05) is 25.7 Å². The lowest BCUT2D eigenvalue weighted by Crippen LogP contribution is -2.44. The number of likely N-dealkylation sites (tertiary alicyclic amines) is 1. The lowest BCUT2D eigenvalue weighted by atomic mass is 9.94. The minimum Gasteiger partial charge on any atom is -0.396 e. The minimum atomic E-state index is 0.0921. The normalized spacial score (nSPS) is 28.2. The summed E-state index contributed by atoms with van der Waals surface area (Å²) in [5, 5.41) is 17.7. The molecule has 1 rings (SSSR count). The van der Waals surface area contributed by atoms with Crippen LogP contribution in [0.2, 0.25) is 0 Å². The summed E-state index contributed by atoms with van der Waals surface area (Å²) < 4.78 is 5.25. The van der Waals surface area contributed by atoms with E-state index in [1.54, 1.807) is 0 Å². The molecular weight excluding hydrogens is 194 g/mol. The quantitative estimate of drug-likeness (QED) is 0.619. The zero-order chi connectivity index (χ0) is 11.1. The van der Waals surface area contributed by atoms with Crippen molar-refractivity contribution in [2.45, 2.75) is 25.8 Å². The predicted octanol–water partition coefficient (Wildman–Crippen LogP) is 0.0881. The highest BCUT2D eigenvalue weighted by Crippen LogP contribution is 2.20. The second-order valence-electron chi connectivity index (χ2n) is 4.31. The van der Waals surface area contributed by atoms with Crippen LogP contribution in [0.5, 0.6) is 0 Å². The van der Waals surface area contributed by atoms with Crippen molar-refractivity contribution < 1.29 is 14.9 Å². The third-order valence-corrected chi connectivity index (χ3v) is 3.13. The fourth-order valence-electron chi connectivity index (χ4n) is 2.07. The van der Waals surface area contributed by atoms with Crippen LogP contribution >= 0.6 is 0 Å². The number of rotatable bonds is 6. The van der Waals surface area contributed by atoms with Crippen LogP contribution < -0.4 is 0 Å². The molecule has 0 spiro atoms. The van der Waals surface area contributed by atoms with Crippen LogP contribution in [0.3, 0.4) is 0 Å². The van der Waals surface area contributed by atoms with Gasteiger partial charge in [-0.1, -0.05) is 0 Å². The molecule has 4 nitrogen and oxygen atoms in total. The molecule has 0 radical (unpaired) electrons. The van der Waals surface area contributed by atoms with Gasteiger partial charge in [-0.25, -0.2) is 0 Å². The van der Waals surface area contributed by atoms with Crippen LogP contribution in [-0.2, 0) is 4.74 Å². The second kappa shape index (κ2) is 7.17. The molecule has 0 aromatic rings. The van der Waals surface area contributed by atoms with E-state index < -0.39 is 0 Å². The summed E-state index contributed by atoms with van der Waals surface area (Å²) in [6.07, 6.45) is 2.29. The molecule has 0 saturated carbocycles. The number of nitrogens with zero attached hydrogens (tertiary/aromatic N) is 1. The summed E-state index contributed by atoms with van der Waals surface area (Å²) in [7, 11) is 0. The number of aliphatic hydroxyl groups excluding tert-OH is 2. The van der Waals surface area contributed by atoms with Gasteiger partial charge in [-0.15, -0.1) is 0 Å². The van der Waals surface area contributed by atoms with Gasteiger partial charge in [0.25, 0.3) is 0 Å². The van der Waals surface area contributed by atoms with Gasteiger partial charge in [0.1, 0.15) is 0 Å². The number of hydrogen-bond acceptors (Lipinski definition) is 4. The summed E-state index contributed by atoms with van der Waals surface area (Å²) in [5.41, 5.74) is 0. The topological polar surface area (TPSA) is 52.9 Å². The molecule has 4 heteroatoms. The Balaban J connectivity index is 2.19. The van der Waals surface area contributed by atoms with Crippen molar-refractivity contribution in [3.63, 3.8) is 0 Å². The van der Waals surface area contributed by atoms with Crippen LogP contribution in [0.25, 0.3) is 0 Å². The van der Waals surface area contributed by atoms with E-state index >= 15 is 0 Å². The van der Waals surface area contributed by atoms with Gasteiger partial charge in [-0.2, -0.15) is 0 Å². The molecule has 15 heavy (non-hydrogen) atoms. The first-order valence-electron chi connectivity index (χ1n) is 5.81. The Hall–Kier alpha value is -0.160. The first kappa shape index (κ1) is 12.9. The Bertz CT molecular complexity index is 166. The van der Waals surface area contributed by atoms with E-state index in [0.717, 1.165) is 25.9 Å². The molecule has 1 saturated heterocycles. The molecule has 0 amide bonds. The van der Waals surface area contributed by atoms with Crippen molar-refractivity contribution in [2.24, 2.45) is 5.92 Å². The molecule has 0 aromatic heterocycles. The van der Waals surface area contributed by atoms with Gasteiger partial charge >= 0.3 is 0 Å². The molecule has 2 unspecified atom stereocenters. The zero-order valence-corrected chi connectivity index (χ0v) is 9.56. The van der Waals surface area contributed by atoms with Crippen molar-refractivity contribution in [3.05, 3.63) is 0 Å². The maximum absolute atomic E-state index is 9.11. The van der Waals surface area contributed by atoms with Crippen molar-refractivity contribution in [1.82, 2.24) is 4.90 Å². The molecule has 90 valence electrons. The summed E-state index contributed by atoms with van der Waals surface area (Å²) >= 11 is 0. The van der Waals surface area contributed by atoms with Crippen LogP contribution in [0.4, 0.5) is 0 Å². The van der Waals surface area contributed by atoms with Crippen LogP contribution in [0.1, 0.15) is 19.8 Å². The maximum atomic E-state index is 9.11. The lowest BCUT2D eigenvalue weighted by molar-refractivity contribution is 0.0357. The van der Waals surface area contributed by atoms with Gasteiger partial charge < -0.3 is 14.9 Å². The van der Waals surface area contributed by atoms with Gasteiger partial charge in [0.15, 0.2) is 0 Å². The third-order valence-electron chi connectivity index (χ3n) is 3.13. The van der Waals surface area contributed by atoms with E-state index in [2.05, 4.69) is 11.8 Å². The first-order chi connectivity index (χ1) is 7.27. The molecule has 1 aliphatic heterocycles. The predicted molar refractivity (Wildman–Crippen MR) is 58.7 cm³/mol. The fraction of sp³-hybridized carbons (Fsp3) is 1.00. The fourth-order valence-corrected chi connectivity index (χ4v) is 2.07. The number of hydrogen-bond donors (Lipinski definition) is 2. The molecule has 2 N–H and O–H groups in total. The number of piperidine rings is 1. The van der Waals surface area contributed by atoms with Crippen molar-refractivity contribution >= 4 is 0 Å². The molecule has 1 aliphatic rings. The number of ether oxygens (including phenoxy) is 1. The monoisotopic (exact) mass is 217 g/mol. The Morgan fingerprint density at radius 1 is 1.27 bits per heavy atom. The lowest BCUT2D eigenvalue weighted by Gasteiger charge is -2.37. The Kier molecular flexibility index (Phi) is 6.17. The van der Waals surface area contributed by atoms with E-state index in [1.165, 1.54) is 0 Å². The molecular formula is C11H23NO3. The van der Waals surface area contributed by atoms with Crippen LogP contribution in [-0.4, -0.2) is 60.7 Å². The first-order valence-corrected chi connectivity index (χ1v) is 5.81. The summed E-state index contributed by atoms with van der Waals surface area (Å²) in [4.78, 5) is 2.36. The third kappa shape index (κ3) is 4.47. The van der Waals surface area contributed by atoms with Crippen LogP contribution in [0, 0.1) is 5.92 Å². The van der Waals surface area contributed by atoms with E-state index in [9.17, 15) is 0 Å². The minimum absolute atomic E-state index is 0.0921. The Morgan fingerprint density at radius 3 is 2.73 bits per heavy atom. The molecule has 0 aliphatic carbocycles. The van der Waals surface area contributed by atoms with E-state index in [4.69, 9.17) is 14.9 Å². The summed E-state index contributed by atoms with van der Waals surface area (Å²) in [6.45, 7) is 5.57. The molecule has 0 bridgehead atoms. The molecule has 2 atom stereocenters. The van der Waals surface area contributed by atoms with Crippen LogP contribution in [0.15, 0.2) is 0 Å². The highest BCUT2D eigenvalue weighted by Gasteiger charge is 2.24. The van der Waals surface area contributed by atoms with Crippen molar-refractivity contribution in [1.29, 1.82) is 0 Å². The standard InChI is InChI=1S/C11H23NO3/c1-10-2-3-11(9-14)8-12(10)4-6-15-7-5-13/h10-11,13-14H,2-9H2,1H3. The average molecular weight is 217 g/mol.